The van der Waals surface area contributed by atoms with E-state index in [9.17, 15) is 5.26 Å². The maximum atomic E-state index is 9.33. The monoisotopic (exact) mass is 320 g/mol. The van der Waals surface area contributed by atoms with Gasteiger partial charge >= 0.3 is 0 Å². The van der Waals surface area contributed by atoms with E-state index in [-0.39, 0.29) is 0 Å². The molecule has 1 aromatic carbocycles. The standard InChI is InChI=1S/C18H20N6/c1-11-5-6-16-15(9-11)21-17(24(16)4)7-8-20-18-14(10-19)12(2)13(3)22-23-18/h5-6,9H,7-8H2,1-4H3,(H,20,23). The normalized spacial score (nSPS) is 10.8. The molecule has 0 radical (unpaired) electrons. The highest BCUT2D eigenvalue weighted by Gasteiger charge is 2.11. The molecule has 0 aliphatic carbocycles. The van der Waals surface area contributed by atoms with Crippen LogP contribution in [-0.2, 0) is 13.5 Å². The minimum atomic E-state index is 0.537. The van der Waals surface area contributed by atoms with Crippen molar-refractivity contribution in [3.05, 3.63) is 46.4 Å². The fraction of sp³-hybridized carbons (Fsp3) is 0.333. The smallest absolute Gasteiger partial charge is 0.166 e. The van der Waals surface area contributed by atoms with Crippen LogP contribution < -0.4 is 5.32 Å². The average molecular weight is 320 g/mol. The maximum absolute atomic E-state index is 9.33. The van der Waals surface area contributed by atoms with Crippen LogP contribution in [0.5, 0.6) is 0 Å². The van der Waals surface area contributed by atoms with Gasteiger partial charge in [-0.2, -0.15) is 10.4 Å². The first-order chi connectivity index (χ1) is 11.5. The van der Waals surface area contributed by atoms with Crippen molar-refractivity contribution >= 4 is 16.9 Å². The Bertz CT molecular complexity index is 948. The first-order valence-corrected chi connectivity index (χ1v) is 7.91. The van der Waals surface area contributed by atoms with E-state index in [1.54, 1.807) is 0 Å². The quantitative estimate of drug-likeness (QED) is 0.799. The Balaban J connectivity index is 1.77. The molecule has 0 aliphatic heterocycles. The van der Waals surface area contributed by atoms with Gasteiger partial charge in [0.1, 0.15) is 17.5 Å². The summed E-state index contributed by atoms with van der Waals surface area (Å²) in [5.41, 5.74) is 5.55. The molecular formula is C18H20N6. The van der Waals surface area contributed by atoms with E-state index in [1.807, 2.05) is 20.9 Å². The molecule has 0 atom stereocenters. The number of anilines is 1. The van der Waals surface area contributed by atoms with Gasteiger partial charge in [0.05, 0.1) is 16.7 Å². The molecule has 0 aliphatic rings. The first-order valence-electron chi connectivity index (χ1n) is 7.91. The van der Waals surface area contributed by atoms with Gasteiger partial charge in [-0.25, -0.2) is 4.98 Å². The SMILES string of the molecule is Cc1ccc2c(c1)nc(CCNc1nnc(C)c(C)c1C#N)n2C. The highest BCUT2D eigenvalue weighted by Crippen LogP contribution is 2.18. The molecule has 3 rings (SSSR count). The molecule has 0 bridgehead atoms. The van der Waals surface area contributed by atoms with Crippen LogP contribution >= 0.6 is 0 Å². The number of rotatable bonds is 4. The van der Waals surface area contributed by atoms with Gasteiger partial charge in [-0.15, -0.1) is 5.10 Å². The van der Waals surface area contributed by atoms with Crippen LogP contribution in [0.3, 0.4) is 0 Å². The van der Waals surface area contributed by atoms with E-state index in [2.05, 4.69) is 51.3 Å². The Labute approximate surface area is 141 Å². The zero-order chi connectivity index (χ0) is 17.3. The third-order valence-corrected chi connectivity index (χ3v) is 4.34. The molecule has 0 unspecified atom stereocenters. The number of nitrogens with one attached hydrogen (secondary N) is 1. The van der Waals surface area contributed by atoms with Crippen LogP contribution in [-0.4, -0.2) is 26.3 Å². The van der Waals surface area contributed by atoms with E-state index in [0.29, 0.717) is 17.9 Å². The molecular weight excluding hydrogens is 300 g/mol. The highest BCUT2D eigenvalue weighted by molar-refractivity contribution is 5.76. The highest BCUT2D eigenvalue weighted by atomic mass is 15.2. The summed E-state index contributed by atoms with van der Waals surface area (Å²) in [6, 6.07) is 8.49. The van der Waals surface area contributed by atoms with Crippen LogP contribution in [0, 0.1) is 32.1 Å². The Morgan fingerprint density at radius 3 is 2.75 bits per heavy atom. The number of aryl methyl sites for hydroxylation is 3. The van der Waals surface area contributed by atoms with E-state index >= 15 is 0 Å². The maximum Gasteiger partial charge on any atom is 0.166 e. The van der Waals surface area contributed by atoms with Crippen LogP contribution in [0.15, 0.2) is 18.2 Å². The van der Waals surface area contributed by atoms with Crippen molar-refractivity contribution in [2.45, 2.75) is 27.2 Å². The van der Waals surface area contributed by atoms with Gasteiger partial charge in [-0.3, -0.25) is 0 Å². The van der Waals surface area contributed by atoms with Gasteiger partial charge in [0.25, 0.3) is 0 Å². The van der Waals surface area contributed by atoms with Crippen molar-refractivity contribution < 1.29 is 0 Å². The second-order valence-electron chi connectivity index (χ2n) is 6.00. The molecule has 0 spiro atoms. The summed E-state index contributed by atoms with van der Waals surface area (Å²) in [5.74, 6) is 1.54. The van der Waals surface area contributed by atoms with E-state index < -0.39 is 0 Å². The van der Waals surface area contributed by atoms with Crippen LogP contribution in [0.4, 0.5) is 5.82 Å². The zero-order valence-electron chi connectivity index (χ0n) is 14.4. The fourth-order valence-electron chi connectivity index (χ4n) is 2.75. The Hall–Kier alpha value is -2.94. The third kappa shape index (κ3) is 2.81. The summed E-state index contributed by atoms with van der Waals surface area (Å²) in [6.07, 6.45) is 0.740. The molecule has 122 valence electrons. The summed E-state index contributed by atoms with van der Waals surface area (Å²) < 4.78 is 2.10. The summed E-state index contributed by atoms with van der Waals surface area (Å²) in [5, 5.41) is 20.7. The van der Waals surface area contributed by atoms with E-state index in [0.717, 1.165) is 34.5 Å². The number of hydrogen-bond donors (Lipinski definition) is 1. The Morgan fingerprint density at radius 1 is 1.21 bits per heavy atom. The second-order valence-corrected chi connectivity index (χ2v) is 6.00. The molecule has 3 aromatic rings. The van der Waals surface area contributed by atoms with Crippen LogP contribution in [0.1, 0.15) is 28.2 Å². The third-order valence-electron chi connectivity index (χ3n) is 4.34. The molecule has 1 N–H and O–H groups in total. The largest absolute Gasteiger partial charge is 0.367 e. The van der Waals surface area contributed by atoms with Gasteiger partial charge in [0.15, 0.2) is 5.82 Å². The van der Waals surface area contributed by atoms with Crippen LogP contribution in [0.2, 0.25) is 0 Å². The number of nitrogens with zero attached hydrogens (tertiary/aromatic N) is 5. The fourth-order valence-corrected chi connectivity index (χ4v) is 2.75. The van der Waals surface area contributed by atoms with E-state index in [1.165, 1.54) is 5.56 Å². The van der Waals surface area contributed by atoms with Crippen molar-refractivity contribution in [2.24, 2.45) is 7.05 Å². The summed E-state index contributed by atoms with van der Waals surface area (Å²) in [7, 11) is 2.02. The number of aromatic nitrogens is 4. The van der Waals surface area contributed by atoms with Gasteiger partial charge in [-0.1, -0.05) is 6.07 Å². The van der Waals surface area contributed by atoms with Crippen molar-refractivity contribution in [3.63, 3.8) is 0 Å². The summed E-state index contributed by atoms with van der Waals surface area (Å²) in [6.45, 7) is 6.45. The number of fused-ring (bicyclic) bond motifs is 1. The Kier molecular flexibility index (Phi) is 4.17. The molecule has 6 nitrogen and oxygen atoms in total. The molecule has 0 saturated heterocycles. The predicted molar refractivity (Wildman–Crippen MR) is 93.9 cm³/mol. The van der Waals surface area contributed by atoms with Crippen molar-refractivity contribution in [1.82, 2.24) is 19.7 Å². The van der Waals surface area contributed by atoms with Gasteiger partial charge in [-0.05, 0) is 44.0 Å². The van der Waals surface area contributed by atoms with Gasteiger partial charge in [0.2, 0.25) is 0 Å². The lowest BCUT2D eigenvalue weighted by Crippen LogP contribution is -2.12. The second kappa shape index (κ2) is 6.28. The van der Waals surface area contributed by atoms with Gasteiger partial charge in [0, 0.05) is 20.0 Å². The van der Waals surface area contributed by atoms with Crippen molar-refractivity contribution in [2.75, 3.05) is 11.9 Å². The Morgan fingerprint density at radius 2 is 2.00 bits per heavy atom. The number of nitriles is 1. The number of benzene rings is 1. The number of hydrogen-bond acceptors (Lipinski definition) is 5. The van der Waals surface area contributed by atoms with E-state index in [4.69, 9.17) is 4.98 Å². The lowest BCUT2D eigenvalue weighted by molar-refractivity contribution is 0.803. The average Bonchev–Trinajstić information content (AvgIpc) is 2.86. The molecule has 0 saturated carbocycles. The molecule has 0 amide bonds. The summed E-state index contributed by atoms with van der Waals surface area (Å²) >= 11 is 0. The molecule has 2 heterocycles. The summed E-state index contributed by atoms with van der Waals surface area (Å²) in [4.78, 5) is 4.70. The van der Waals surface area contributed by atoms with Crippen molar-refractivity contribution in [1.29, 1.82) is 5.26 Å². The minimum Gasteiger partial charge on any atom is -0.367 e. The lowest BCUT2D eigenvalue weighted by Gasteiger charge is -2.09. The minimum absolute atomic E-state index is 0.537. The van der Waals surface area contributed by atoms with Gasteiger partial charge < -0.3 is 9.88 Å². The molecule has 24 heavy (non-hydrogen) atoms. The lowest BCUT2D eigenvalue weighted by atomic mass is 10.1. The first kappa shape index (κ1) is 15.9. The molecule has 0 fully saturated rings. The predicted octanol–water partition coefficient (Wildman–Crippen LogP) is 2.81. The molecule has 6 heteroatoms. The van der Waals surface area contributed by atoms with Crippen molar-refractivity contribution in [3.8, 4) is 6.07 Å². The molecule has 2 aromatic heterocycles. The van der Waals surface area contributed by atoms with Crippen LogP contribution in [0.25, 0.3) is 11.0 Å². The zero-order valence-corrected chi connectivity index (χ0v) is 14.4. The topological polar surface area (TPSA) is 79.4 Å². The number of imidazole rings is 1.